The van der Waals surface area contributed by atoms with Gasteiger partial charge in [-0.1, -0.05) is 66.7 Å². The summed E-state index contributed by atoms with van der Waals surface area (Å²) in [6.07, 6.45) is 3.73. The Balaban J connectivity index is 1.19. The molecule has 0 atom stereocenters. The summed E-state index contributed by atoms with van der Waals surface area (Å²) in [7, 11) is -1.31. The summed E-state index contributed by atoms with van der Waals surface area (Å²) in [6, 6.07) is 40.3. The Morgan fingerprint density at radius 2 is 1.10 bits per heavy atom. The lowest BCUT2D eigenvalue weighted by molar-refractivity contribution is 1.32. The zero-order chi connectivity index (χ0) is 25.8. The minimum Gasteiger partial charge on any atom is -0.244 e. The predicted molar refractivity (Wildman–Crippen MR) is 163 cm³/mol. The van der Waals surface area contributed by atoms with E-state index in [-0.39, 0.29) is 0 Å². The number of benzene rings is 4. The van der Waals surface area contributed by atoms with Crippen LogP contribution in [0.5, 0.6) is 0 Å². The summed E-state index contributed by atoms with van der Waals surface area (Å²) >= 11 is 0. The van der Waals surface area contributed by atoms with E-state index >= 15 is 0 Å². The lowest BCUT2D eigenvalue weighted by Gasteiger charge is -2.10. The smallest absolute Gasteiger partial charge is 0.192 e. The molecule has 0 amide bonds. The zero-order valence-corrected chi connectivity index (χ0v) is 21.9. The van der Waals surface area contributed by atoms with Crippen molar-refractivity contribution in [1.82, 2.24) is 19.9 Å². The summed E-state index contributed by atoms with van der Waals surface area (Å²) in [6.45, 7) is 0. The standard InChI is InChI=1S/C34H21N4P/c1-3-19-35-30(11-1)39(31-12-2-4-20-36-31)25-16-13-22(14-17-25)24-15-18-28-29(21-24)38-34-27-10-6-8-23-7-5-9-26(32(23)27)33(34)37-28/h1-21H/p+1. The monoisotopic (exact) mass is 517 g/mol. The molecule has 39 heavy (non-hydrogen) atoms. The summed E-state index contributed by atoms with van der Waals surface area (Å²) < 4.78 is 0. The highest BCUT2D eigenvalue weighted by atomic mass is 31.1. The van der Waals surface area contributed by atoms with E-state index in [0.29, 0.717) is 0 Å². The maximum absolute atomic E-state index is 5.13. The van der Waals surface area contributed by atoms with E-state index in [1.54, 1.807) is 0 Å². The molecule has 4 nitrogen and oxygen atoms in total. The van der Waals surface area contributed by atoms with Crippen LogP contribution < -0.4 is 16.2 Å². The highest BCUT2D eigenvalue weighted by Crippen LogP contribution is 2.45. The third-order valence-corrected chi connectivity index (χ3v) is 9.95. The number of hydrogen-bond acceptors (Lipinski definition) is 4. The number of aromatic nitrogens is 4. The SMILES string of the molecule is c1ccc([PH+](c2ccc(-c3ccc4nc5c(nc4c3)-c3cccc4cccc-5c34)cc2)c2ccccn2)nc1. The number of nitrogens with zero attached hydrogens (tertiary/aromatic N) is 4. The maximum Gasteiger partial charge on any atom is 0.192 e. The van der Waals surface area contributed by atoms with Crippen LogP contribution in [0.25, 0.3) is 55.4 Å². The fraction of sp³-hybridized carbons (Fsp3) is 0. The van der Waals surface area contributed by atoms with Gasteiger partial charge in [-0.05, 0) is 52.9 Å². The molecule has 0 saturated carbocycles. The quantitative estimate of drug-likeness (QED) is 0.254. The Bertz CT molecular complexity index is 1960. The Morgan fingerprint density at radius 3 is 1.72 bits per heavy atom. The average molecular weight is 518 g/mol. The van der Waals surface area contributed by atoms with Crippen LogP contribution in [-0.4, -0.2) is 19.9 Å². The molecule has 0 spiro atoms. The Labute approximate surface area is 226 Å². The molecule has 3 aromatic heterocycles. The van der Waals surface area contributed by atoms with Crippen molar-refractivity contribution in [3.63, 3.8) is 0 Å². The van der Waals surface area contributed by atoms with Gasteiger partial charge >= 0.3 is 0 Å². The van der Waals surface area contributed by atoms with Crippen LogP contribution in [0.2, 0.25) is 0 Å². The molecule has 1 aliphatic carbocycles. The van der Waals surface area contributed by atoms with E-state index in [4.69, 9.17) is 19.9 Å². The number of rotatable bonds is 4. The van der Waals surface area contributed by atoms with Crippen molar-refractivity contribution in [2.24, 2.45) is 0 Å². The minimum absolute atomic E-state index is 0.909. The predicted octanol–water partition coefficient (Wildman–Crippen LogP) is 6.38. The molecule has 0 N–H and O–H groups in total. The number of hydrogen-bond donors (Lipinski definition) is 0. The van der Waals surface area contributed by atoms with Gasteiger partial charge in [0.25, 0.3) is 0 Å². The van der Waals surface area contributed by atoms with Crippen LogP contribution in [0.1, 0.15) is 0 Å². The van der Waals surface area contributed by atoms with Crippen molar-refractivity contribution in [2.45, 2.75) is 0 Å². The second kappa shape index (κ2) is 8.90. The first-order valence-corrected chi connectivity index (χ1v) is 14.5. The van der Waals surface area contributed by atoms with Gasteiger partial charge in [-0.3, -0.25) is 0 Å². The van der Waals surface area contributed by atoms with Gasteiger partial charge in [-0.25, -0.2) is 19.9 Å². The fourth-order valence-electron chi connectivity index (χ4n) is 5.62. The van der Waals surface area contributed by atoms with Crippen molar-refractivity contribution in [3.05, 3.63) is 128 Å². The minimum atomic E-state index is -1.31. The molecule has 0 radical (unpaired) electrons. The molecule has 0 fully saturated rings. The highest BCUT2D eigenvalue weighted by molar-refractivity contribution is 7.79. The number of fused-ring (bicyclic) bond motifs is 4. The maximum atomic E-state index is 5.13. The van der Waals surface area contributed by atoms with Crippen molar-refractivity contribution >= 4 is 45.9 Å². The van der Waals surface area contributed by atoms with Gasteiger partial charge in [0.1, 0.15) is 13.2 Å². The Kier molecular flexibility index (Phi) is 5.07. The van der Waals surface area contributed by atoms with Crippen LogP contribution in [0.3, 0.4) is 0 Å². The first kappa shape index (κ1) is 22.2. The topological polar surface area (TPSA) is 51.6 Å². The average Bonchev–Trinajstić information content (AvgIpc) is 3.31. The van der Waals surface area contributed by atoms with Gasteiger partial charge in [0.15, 0.2) is 10.9 Å². The molecular formula is C34H22N4P+. The largest absolute Gasteiger partial charge is 0.244 e. The van der Waals surface area contributed by atoms with E-state index in [0.717, 1.165) is 44.4 Å². The zero-order valence-electron chi connectivity index (χ0n) is 20.9. The third kappa shape index (κ3) is 3.64. The van der Waals surface area contributed by atoms with Crippen LogP contribution in [-0.2, 0) is 0 Å². The van der Waals surface area contributed by atoms with E-state index in [9.17, 15) is 0 Å². The van der Waals surface area contributed by atoms with Crippen LogP contribution in [0.15, 0.2) is 128 Å². The molecule has 0 bridgehead atoms. The molecule has 1 aliphatic rings. The van der Waals surface area contributed by atoms with Gasteiger partial charge in [0, 0.05) is 41.0 Å². The normalized spacial score (nSPS) is 11.8. The molecule has 8 rings (SSSR count). The molecular weight excluding hydrogens is 495 g/mol. The van der Waals surface area contributed by atoms with E-state index in [2.05, 4.69) is 103 Å². The van der Waals surface area contributed by atoms with Gasteiger partial charge in [-0.2, -0.15) is 0 Å². The lowest BCUT2D eigenvalue weighted by Crippen LogP contribution is -2.24. The van der Waals surface area contributed by atoms with Crippen LogP contribution in [0.4, 0.5) is 0 Å². The summed E-state index contributed by atoms with van der Waals surface area (Å²) in [5.74, 6) is 0. The van der Waals surface area contributed by atoms with Crippen molar-refractivity contribution in [2.75, 3.05) is 0 Å². The molecule has 5 heteroatoms. The molecule has 4 aromatic carbocycles. The fourth-order valence-corrected chi connectivity index (χ4v) is 7.91. The highest BCUT2D eigenvalue weighted by Gasteiger charge is 2.28. The molecule has 0 saturated heterocycles. The molecule has 0 unspecified atom stereocenters. The molecule has 0 aliphatic heterocycles. The Hall–Kier alpha value is -4.79. The number of pyridine rings is 2. The third-order valence-electron chi connectivity index (χ3n) is 7.43. The van der Waals surface area contributed by atoms with Crippen LogP contribution >= 0.6 is 7.92 Å². The van der Waals surface area contributed by atoms with Gasteiger partial charge in [-0.15, -0.1) is 0 Å². The molecule has 182 valence electrons. The first-order valence-electron chi connectivity index (χ1n) is 13.0. The molecule has 7 aromatic rings. The van der Waals surface area contributed by atoms with Crippen LogP contribution in [0, 0.1) is 0 Å². The van der Waals surface area contributed by atoms with Gasteiger partial charge < -0.3 is 0 Å². The Morgan fingerprint density at radius 1 is 0.487 bits per heavy atom. The van der Waals surface area contributed by atoms with E-state index in [1.165, 1.54) is 27.2 Å². The first-order chi connectivity index (χ1) is 19.3. The van der Waals surface area contributed by atoms with E-state index in [1.807, 2.05) is 24.5 Å². The van der Waals surface area contributed by atoms with Crippen molar-refractivity contribution in [3.8, 4) is 33.6 Å². The van der Waals surface area contributed by atoms with E-state index < -0.39 is 7.92 Å². The summed E-state index contributed by atoms with van der Waals surface area (Å²) in [5, 5.41) is 3.73. The molecule has 3 heterocycles. The summed E-state index contributed by atoms with van der Waals surface area (Å²) in [5.41, 5.74) is 10.6. The van der Waals surface area contributed by atoms with Gasteiger partial charge in [0.05, 0.1) is 22.4 Å². The second-order valence-electron chi connectivity index (χ2n) is 9.72. The van der Waals surface area contributed by atoms with Crippen molar-refractivity contribution < 1.29 is 0 Å². The lowest BCUT2D eigenvalue weighted by atomic mass is 10.0. The van der Waals surface area contributed by atoms with Gasteiger partial charge in [0.2, 0.25) is 0 Å². The summed E-state index contributed by atoms with van der Waals surface area (Å²) in [4.78, 5) is 19.6. The van der Waals surface area contributed by atoms with Crippen molar-refractivity contribution in [1.29, 1.82) is 0 Å². The second-order valence-corrected chi connectivity index (χ2v) is 12.1.